The van der Waals surface area contributed by atoms with Gasteiger partial charge in [-0.25, -0.2) is 0 Å². The van der Waals surface area contributed by atoms with Gasteiger partial charge in [0.2, 0.25) is 5.91 Å². The van der Waals surface area contributed by atoms with E-state index in [2.05, 4.69) is 23.3 Å². The molecule has 5 heteroatoms. The molecular weight excluding hydrogens is 272 g/mol. The molecule has 0 saturated heterocycles. The van der Waals surface area contributed by atoms with Gasteiger partial charge in [-0.1, -0.05) is 6.07 Å². The van der Waals surface area contributed by atoms with Crippen LogP contribution < -0.4 is 10.6 Å². The van der Waals surface area contributed by atoms with Crippen molar-refractivity contribution in [2.45, 2.75) is 43.5 Å². The van der Waals surface area contributed by atoms with Crippen molar-refractivity contribution >= 4 is 24.4 Å². The van der Waals surface area contributed by atoms with Gasteiger partial charge in [-0.15, -0.1) is 12.6 Å². The van der Waals surface area contributed by atoms with Gasteiger partial charge in [0.15, 0.2) is 0 Å². The molecule has 0 aromatic heterocycles. The van der Waals surface area contributed by atoms with E-state index in [0.717, 1.165) is 23.3 Å². The maximum absolute atomic E-state index is 12.0. The predicted molar refractivity (Wildman–Crippen MR) is 81.2 cm³/mol. The third-order valence-corrected chi connectivity index (χ3v) is 3.55. The molecule has 2 amide bonds. The molecule has 1 aromatic carbocycles. The van der Waals surface area contributed by atoms with Crippen LogP contribution in [0.4, 0.5) is 0 Å². The van der Waals surface area contributed by atoms with Crippen LogP contribution in [0.1, 0.15) is 41.6 Å². The monoisotopic (exact) mass is 292 g/mol. The zero-order valence-corrected chi connectivity index (χ0v) is 12.5. The summed E-state index contributed by atoms with van der Waals surface area (Å²) >= 11 is 4.24. The van der Waals surface area contributed by atoms with Crippen LogP contribution >= 0.6 is 12.6 Å². The summed E-state index contributed by atoms with van der Waals surface area (Å²) in [7, 11) is 0. The molecule has 2 rings (SSSR count). The maximum Gasteiger partial charge on any atom is 0.251 e. The van der Waals surface area contributed by atoms with Crippen molar-refractivity contribution in [3.8, 4) is 0 Å². The van der Waals surface area contributed by atoms with E-state index in [1.165, 1.54) is 0 Å². The average molecular weight is 292 g/mol. The number of aryl methyl sites for hydroxylation is 1. The highest BCUT2D eigenvalue weighted by atomic mass is 32.1. The molecule has 20 heavy (non-hydrogen) atoms. The summed E-state index contributed by atoms with van der Waals surface area (Å²) < 4.78 is 0. The molecule has 1 fully saturated rings. The van der Waals surface area contributed by atoms with E-state index < -0.39 is 0 Å². The molecule has 1 aromatic rings. The van der Waals surface area contributed by atoms with Crippen LogP contribution in [0.2, 0.25) is 0 Å². The molecular formula is C15H20N2O2S. The van der Waals surface area contributed by atoms with Crippen LogP contribution in [-0.2, 0) is 4.79 Å². The Bertz CT molecular complexity index is 513. The molecule has 0 aliphatic heterocycles. The Balaban J connectivity index is 1.71. The first-order valence-electron chi connectivity index (χ1n) is 6.93. The van der Waals surface area contributed by atoms with Gasteiger partial charge in [0.25, 0.3) is 5.91 Å². The maximum atomic E-state index is 12.0. The van der Waals surface area contributed by atoms with Crippen LogP contribution in [0.15, 0.2) is 23.1 Å². The van der Waals surface area contributed by atoms with Gasteiger partial charge in [0, 0.05) is 29.5 Å². The quantitative estimate of drug-likeness (QED) is 0.555. The molecule has 1 aliphatic carbocycles. The molecule has 0 bridgehead atoms. The first-order chi connectivity index (χ1) is 9.56. The largest absolute Gasteiger partial charge is 0.353 e. The molecule has 108 valence electrons. The van der Waals surface area contributed by atoms with Crippen LogP contribution in [0, 0.1) is 6.92 Å². The first kappa shape index (κ1) is 14.9. The Morgan fingerprint density at radius 2 is 2.10 bits per heavy atom. The lowest BCUT2D eigenvalue weighted by Crippen LogP contribution is -2.28. The van der Waals surface area contributed by atoms with Gasteiger partial charge in [-0.3, -0.25) is 9.59 Å². The Kier molecular flexibility index (Phi) is 5.06. The molecule has 0 heterocycles. The molecule has 0 spiro atoms. The Morgan fingerprint density at radius 3 is 2.80 bits per heavy atom. The van der Waals surface area contributed by atoms with Crippen LogP contribution in [0.25, 0.3) is 0 Å². The number of thiol groups is 1. The number of amides is 2. The summed E-state index contributed by atoms with van der Waals surface area (Å²) in [6.07, 6.45) is 3.32. The number of hydrogen-bond acceptors (Lipinski definition) is 3. The summed E-state index contributed by atoms with van der Waals surface area (Å²) in [4.78, 5) is 24.2. The summed E-state index contributed by atoms with van der Waals surface area (Å²) in [5, 5.41) is 5.77. The second-order valence-electron chi connectivity index (χ2n) is 5.20. The minimum absolute atomic E-state index is 0.0790. The molecule has 1 saturated carbocycles. The second kappa shape index (κ2) is 6.79. The number of nitrogens with one attached hydrogen (secondary N) is 2. The van der Waals surface area contributed by atoms with E-state index in [9.17, 15) is 9.59 Å². The van der Waals surface area contributed by atoms with Crippen molar-refractivity contribution in [1.82, 2.24) is 10.6 Å². The standard InChI is InChI=1S/C15H20N2O2S/c1-10-4-7-12(20)9-13(10)15(19)16-8-2-3-14(18)17-11-5-6-11/h4,7,9,11,20H,2-3,5-6,8H2,1H3,(H,16,19)(H,17,18). The van der Waals surface area contributed by atoms with E-state index in [1.54, 1.807) is 6.07 Å². The van der Waals surface area contributed by atoms with E-state index in [-0.39, 0.29) is 11.8 Å². The van der Waals surface area contributed by atoms with Crippen LogP contribution in [0.5, 0.6) is 0 Å². The fourth-order valence-corrected chi connectivity index (χ4v) is 2.13. The van der Waals surface area contributed by atoms with Crippen molar-refractivity contribution in [1.29, 1.82) is 0 Å². The summed E-state index contributed by atoms with van der Waals surface area (Å²) in [6, 6.07) is 5.89. The van der Waals surface area contributed by atoms with E-state index >= 15 is 0 Å². The van der Waals surface area contributed by atoms with Crippen molar-refractivity contribution < 1.29 is 9.59 Å². The highest BCUT2D eigenvalue weighted by molar-refractivity contribution is 7.80. The van der Waals surface area contributed by atoms with Gasteiger partial charge in [-0.2, -0.15) is 0 Å². The van der Waals surface area contributed by atoms with Crippen molar-refractivity contribution in [2.75, 3.05) is 6.54 Å². The Labute approximate surface area is 124 Å². The minimum atomic E-state index is -0.110. The second-order valence-corrected chi connectivity index (χ2v) is 5.72. The summed E-state index contributed by atoms with van der Waals surface area (Å²) in [6.45, 7) is 2.40. The van der Waals surface area contributed by atoms with E-state index in [1.807, 2.05) is 19.1 Å². The molecule has 1 aliphatic rings. The summed E-state index contributed by atoms with van der Waals surface area (Å²) in [5.74, 6) is -0.0312. The van der Waals surface area contributed by atoms with Gasteiger partial charge in [0.1, 0.15) is 0 Å². The molecule has 2 N–H and O–H groups in total. The van der Waals surface area contributed by atoms with E-state index in [4.69, 9.17) is 0 Å². The summed E-state index contributed by atoms with van der Waals surface area (Å²) in [5.41, 5.74) is 1.56. The Morgan fingerprint density at radius 1 is 1.35 bits per heavy atom. The van der Waals surface area contributed by atoms with Gasteiger partial charge in [-0.05, 0) is 43.9 Å². The number of carbonyl (C=O) groups is 2. The highest BCUT2D eigenvalue weighted by Crippen LogP contribution is 2.18. The smallest absolute Gasteiger partial charge is 0.251 e. The lowest BCUT2D eigenvalue weighted by Gasteiger charge is -2.08. The lowest BCUT2D eigenvalue weighted by atomic mass is 10.1. The lowest BCUT2D eigenvalue weighted by molar-refractivity contribution is -0.121. The molecule has 4 nitrogen and oxygen atoms in total. The van der Waals surface area contributed by atoms with E-state index in [0.29, 0.717) is 31.0 Å². The third-order valence-electron chi connectivity index (χ3n) is 3.27. The third kappa shape index (κ3) is 4.56. The molecule has 0 unspecified atom stereocenters. The van der Waals surface area contributed by atoms with Crippen LogP contribution in [0.3, 0.4) is 0 Å². The fourth-order valence-electron chi connectivity index (χ4n) is 1.93. The number of carbonyl (C=O) groups excluding carboxylic acids is 2. The van der Waals surface area contributed by atoms with Crippen molar-refractivity contribution in [3.05, 3.63) is 29.3 Å². The SMILES string of the molecule is Cc1ccc(S)cc1C(=O)NCCCC(=O)NC1CC1. The molecule has 0 atom stereocenters. The van der Waals surface area contributed by atoms with Crippen LogP contribution in [-0.4, -0.2) is 24.4 Å². The topological polar surface area (TPSA) is 58.2 Å². The Hall–Kier alpha value is -1.49. The number of rotatable bonds is 6. The van der Waals surface area contributed by atoms with Gasteiger partial charge in [0.05, 0.1) is 0 Å². The normalized spacial score (nSPS) is 13.9. The minimum Gasteiger partial charge on any atom is -0.353 e. The fraction of sp³-hybridized carbons (Fsp3) is 0.467. The number of hydrogen-bond donors (Lipinski definition) is 3. The first-order valence-corrected chi connectivity index (χ1v) is 7.38. The van der Waals surface area contributed by atoms with Crippen molar-refractivity contribution in [3.63, 3.8) is 0 Å². The van der Waals surface area contributed by atoms with Crippen molar-refractivity contribution in [2.24, 2.45) is 0 Å². The zero-order valence-electron chi connectivity index (χ0n) is 11.6. The highest BCUT2D eigenvalue weighted by Gasteiger charge is 2.22. The van der Waals surface area contributed by atoms with Gasteiger partial charge < -0.3 is 10.6 Å². The molecule has 0 radical (unpaired) electrons. The average Bonchev–Trinajstić information content (AvgIpc) is 3.21. The zero-order chi connectivity index (χ0) is 14.5. The van der Waals surface area contributed by atoms with Gasteiger partial charge >= 0.3 is 0 Å². The number of benzene rings is 1. The predicted octanol–water partition coefficient (Wildman–Crippen LogP) is 2.07.